The monoisotopic (exact) mass is 667 g/mol. The first-order valence-electron chi connectivity index (χ1n) is 17.3. The predicted molar refractivity (Wildman–Crippen MR) is 174 cm³/mol. The number of rotatable bonds is 11. The highest BCUT2D eigenvalue weighted by molar-refractivity contribution is 6.36. The number of hydrogen-bond donors (Lipinski definition) is 4. The number of Topliss-reactive ketones (excluding diaryl/α,β-unsaturated/α-hetero) is 1. The van der Waals surface area contributed by atoms with Crippen LogP contribution in [-0.4, -0.2) is 82.8 Å². The van der Waals surface area contributed by atoms with Crippen LogP contribution in [0.25, 0.3) is 0 Å². The molecule has 4 atom stereocenters. The molecule has 0 bridgehead atoms. The molecule has 1 aromatic rings. The summed E-state index contributed by atoms with van der Waals surface area (Å²) < 4.78 is 11.9. The van der Waals surface area contributed by atoms with Crippen molar-refractivity contribution in [3.63, 3.8) is 0 Å². The summed E-state index contributed by atoms with van der Waals surface area (Å²) in [6.45, 7) is 3.48. The Morgan fingerprint density at radius 1 is 0.979 bits per heavy atom. The van der Waals surface area contributed by atoms with E-state index in [-0.39, 0.29) is 25.0 Å². The van der Waals surface area contributed by atoms with Crippen LogP contribution in [0.3, 0.4) is 0 Å². The number of ether oxygens (including phenoxy) is 2. The largest absolute Gasteiger partial charge is 0.459 e. The minimum absolute atomic E-state index is 0.0819. The van der Waals surface area contributed by atoms with Gasteiger partial charge in [-0.1, -0.05) is 68.9 Å². The van der Waals surface area contributed by atoms with E-state index in [9.17, 15) is 28.8 Å². The van der Waals surface area contributed by atoms with Gasteiger partial charge in [0.1, 0.15) is 24.2 Å². The molecule has 2 saturated carbocycles. The average Bonchev–Trinajstić information content (AvgIpc) is 3.57. The van der Waals surface area contributed by atoms with Gasteiger partial charge in [0.2, 0.25) is 17.6 Å². The minimum atomic E-state index is -1.23. The van der Waals surface area contributed by atoms with Crippen LogP contribution in [0.4, 0.5) is 4.79 Å². The van der Waals surface area contributed by atoms with Gasteiger partial charge in [0.15, 0.2) is 0 Å². The Hall–Kier alpha value is -4.00. The van der Waals surface area contributed by atoms with E-state index >= 15 is 0 Å². The Balaban J connectivity index is 1.34. The molecule has 4 aliphatic rings. The van der Waals surface area contributed by atoms with Gasteiger partial charge in [0.05, 0.1) is 18.2 Å². The standard InChI is InChI=1S/C35H49N5O8/c1-34(2)18-24-26(48-34)20-40(28(24)30(43)37-19-25(41)29(36)42)31(44)27(23-14-8-4-9-15-23)38-33(46)39-35(16-10-5-11-17-35)32(45)47-21-22-12-6-3-7-13-22/h3,6-7,12-13,23-24,26-28H,4-5,8-11,14-21H2,1-2H3,(H2,36,42)(H,37,43)(H2,38,39,46)/t24-,26-,27-,28-/m0/s1. The number of likely N-dealkylation sites (tertiary alicyclic amines) is 1. The van der Waals surface area contributed by atoms with Crippen molar-refractivity contribution < 1.29 is 38.2 Å². The van der Waals surface area contributed by atoms with Crippen LogP contribution in [0, 0.1) is 11.8 Å². The van der Waals surface area contributed by atoms with Gasteiger partial charge in [-0.3, -0.25) is 19.2 Å². The molecule has 2 aliphatic heterocycles. The molecule has 1 aromatic carbocycles. The molecule has 5 rings (SSSR count). The molecule has 0 spiro atoms. The Morgan fingerprint density at radius 3 is 2.31 bits per heavy atom. The topological polar surface area (TPSA) is 186 Å². The molecule has 0 radical (unpaired) electrons. The Kier molecular flexibility index (Phi) is 11.1. The van der Waals surface area contributed by atoms with Crippen molar-refractivity contribution >= 4 is 35.5 Å². The van der Waals surface area contributed by atoms with Crippen LogP contribution in [0.5, 0.6) is 0 Å². The molecule has 0 aromatic heterocycles. The summed E-state index contributed by atoms with van der Waals surface area (Å²) in [7, 11) is 0. The van der Waals surface area contributed by atoms with Crippen molar-refractivity contribution in [1.29, 1.82) is 0 Å². The van der Waals surface area contributed by atoms with Gasteiger partial charge in [-0.05, 0) is 57.4 Å². The van der Waals surface area contributed by atoms with Crippen molar-refractivity contribution in [2.45, 2.75) is 120 Å². The van der Waals surface area contributed by atoms with E-state index in [4.69, 9.17) is 15.2 Å². The van der Waals surface area contributed by atoms with Gasteiger partial charge in [0, 0.05) is 12.5 Å². The molecule has 13 heteroatoms. The van der Waals surface area contributed by atoms with Crippen LogP contribution in [0.2, 0.25) is 0 Å². The number of hydrogen-bond acceptors (Lipinski definition) is 8. The lowest BCUT2D eigenvalue weighted by atomic mass is 9.81. The number of nitrogens with zero attached hydrogens (tertiary/aromatic N) is 1. The number of fused-ring (bicyclic) bond motifs is 1. The normalized spacial score (nSPS) is 25.3. The molecular formula is C35H49N5O8. The van der Waals surface area contributed by atoms with Gasteiger partial charge in [-0.25, -0.2) is 9.59 Å². The van der Waals surface area contributed by atoms with Gasteiger partial charge in [-0.15, -0.1) is 0 Å². The van der Waals surface area contributed by atoms with Gasteiger partial charge < -0.3 is 36.1 Å². The molecule has 262 valence electrons. The molecule has 2 aliphatic carbocycles. The highest BCUT2D eigenvalue weighted by Gasteiger charge is 2.56. The molecule has 2 heterocycles. The predicted octanol–water partition coefficient (Wildman–Crippen LogP) is 2.25. The smallest absolute Gasteiger partial charge is 0.332 e. The third-order valence-electron chi connectivity index (χ3n) is 10.4. The quantitative estimate of drug-likeness (QED) is 0.204. The van der Waals surface area contributed by atoms with Crippen LogP contribution in [0.1, 0.15) is 90.0 Å². The van der Waals surface area contributed by atoms with Crippen molar-refractivity contribution in [2.75, 3.05) is 13.1 Å². The number of nitrogens with one attached hydrogen (secondary N) is 3. The second-order valence-corrected chi connectivity index (χ2v) is 14.4. The first kappa shape index (κ1) is 35.3. The number of ketones is 1. The summed E-state index contributed by atoms with van der Waals surface area (Å²) >= 11 is 0. The summed E-state index contributed by atoms with van der Waals surface area (Å²) in [6.07, 6.45) is 7.60. The van der Waals surface area contributed by atoms with Crippen molar-refractivity contribution in [1.82, 2.24) is 20.9 Å². The lowest BCUT2D eigenvalue weighted by Gasteiger charge is -2.38. The van der Waals surface area contributed by atoms with Gasteiger partial charge in [0.25, 0.3) is 5.91 Å². The van der Waals surface area contributed by atoms with E-state index in [1.807, 2.05) is 44.2 Å². The molecule has 5 amide bonds. The maximum atomic E-state index is 14.5. The highest BCUT2D eigenvalue weighted by atomic mass is 16.5. The third kappa shape index (κ3) is 8.16. The Morgan fingerprint density at radius 2 is 1.65 bits per heavy atom. The molecular weight excluding hydrogens is 618 g/mol. The molecule has 0 unspecified atom stereocenters. The van der Waals surface area contributed by atoms with Gasteiger partial charge >= 0.3 is 12.0 Å². The van der Waals surface area contributed by atoms with Gasteiger partial charge in [-0.2, -0.15) is 0 Å². The van der Waals surface area contributed by atoms with Crippen molar-refractivity contribution in [3.05, 3.63) is 35.9 Å². The van der Waals surface area contributed by atoms with Crippen LogP contribution in [0.15, 0.2) is 30.3 Å². The minimum Gasteiger partial charge on any atom is -0.459 e. The average molecular weight is 668 g/mol. The molecule has 5 N–H and O–H groups in total. The number of amides is 5. The van der Waals surface area contributed by atoms with E-state index < -0.39 is 71.4 Å². The Bertz CT molecular complexity index is 1370. The SMILES string of the molecule is CC1(C)C[C@H]2[C@H](CN(C(=O)[C@@H](NC(=O)NC3(C(=O)OCc4ccccc4)CCCCC3)C3CCCCC3)[C@@H]2C(=O)NCC(=O)C(N)=O)O1. The molecule has 4 fully saturated rings. The molecule has 48 heavy (non-hydrogen) atoms. The third-order valence-corrected chi connectivity index (χ3v) is 10.4. The lowest BCUT2D eigenvalue weighted by molar-refractivity contribution is -0.154. The second-order valence-electron chi connectivity index (χ2n) is 14.4. The number of benzene rings is 1. The number of urea groups is 1. The zero-order valence-corrected chi connectivity index (χ0v) is 28.0. The van der Waals surface area contributed by atoms with E-state index in [2.05, 4.69) is 16.0 Å². The fraction of sp³-hybridized carbons (Fsp3) is 0.657. The summed E-state index contributed by atoms with van der Waals surface area (Å²) in [5, 5.41) is 8.36. The maximum Gasteiger partial charge on any atom is 0.332 e. The van der Waals surface area contributed by atoms with Crippen LogP contribution in [-0.2, 0) is 40.1 Å². The first-order valence-corrected chi connectivity index (χ1v) is 17.3. The van der Waals surface area contributed by atoms with E-state index in [1.54, 1.807) is 0 Å². The highest BCUT2D eigenvalue weighted by Crippen LogP contribution is 2.43. The number of esters is 1. The first-order chi connectivity index (χ1) is 22.9. The van der Waals surface area contributed by atoms with E-state index in [0.29, 0.717) is 19.3 Å². The zero-order chi connectivity index (χ0) is 34.5. The number of nitrogens with two attached hydrogens (primary N) is 1. The summed E-state index contributed by atoms with van der Waals surface area (Å²) in [6, 6.07) is 6.77. The van der Waals surface area contributed by atoms with Crippen molar-refractivity contribution in [2.24, 2.45) is 17.6 Å². The van der Waals surface area contributed by atoms with E-state index in [1.165, 1.54) is 4.90 Å². The van der Waals surface area contributed by atoms with Crippen LogP contribution >= 0.6 is 0 Å². The molecule has 13 nitrogen and oxygen atoms in total. The maximum absolute atomic E-state index is 14.5. The molecule has 2 saturated heterocycles. The fourth-order valence-corrected chi connectivity index (χ4v) is 8.01. The summed E-state index contributed by atoms with van der Waals surface area (Å²) in [5.41, 5.74) is 4.17. The second kappa shape index (κ2) is 15.0. The zero-order valence-electron chi connectivity index (χ0n) is 28.0. The Labute approximate surface area is 281 Å². The van der Waals surface area contributed by atoms with Crippen LogP contribution < -0.4 is 21.7 Å². The van der Waals surface area contributed by atoms with Crippen molar-refractivity contribution in [3.8, 4) is 0 Å². The number of carbonyl (C=O) groups is 6. The lowest BCUT2D eigenvalue weighted by Crippen LogP contribution is -2.63. The fourth-order valence-electron chi connectivity index (χ4n) is 8.01. The summed E-state index contributed by atoms with van der Waals surface area (Å²) in [5.74, 6) is -4.14. The summed E-state index contributed by atoms with van der Waals surface area (Å²) in [4.78, 5) is 80.1. The van der Waals surface area contributed by atoms with E-state index in [0.717, 1.165) is 56.9 Å². The number of primary amides is 1. The number of carbonyl (C=O) groups excluding carboxylic acids is 6.